The van der Waals surface area contributed by atoms with Gasteiger partial charge in [-0.1, -0.05) is 0 Å². The van der Waals surface area contributed by atoms with Gasteiger partial charge in [0.2, 0.25) is 5.91 Å². The van der Waals surface area contributed by atoms with E-state index in [2.05, 4.69) is 15.6 Å². The Morgan fingerprint density at radius 3 is 2.72 bits per heavy atom. The summed E-state index contributed by atoms with van der Waals surface area (Å²) >= 11 is 0. The van der Waals surface area contributed by atoms with E-state index in [0.717, 1.165) is 0 Å². The molecule has 6 nitrogen and oxygen atoms in total. The van der Waals surface area contributed by atoms with E-state index in [4.69, 9.17) is 9.84 Å². The zero-order valence-electron chi connectivity index (χ0n) is 10.9. The molecule has 3 N–H and O–H groups in total. The molecular weight excluding hydrogens is 234 g/mol. The van der Waals surface area contributed by atoms with E-state index in [1.807, 2.05) is 13.8 Å². The molecule has 0 unspecified atom stereocenters. The van der Waals surface area contributed by atoms with Crippen LogP contribution in [0.1, 0.15) is 13.8 Å². The van der Waals surface area contributed by atoms with Crippen LogP contribution in [0.25, 0.3) is 0 Å². The molecule has 0 aliphatic carbocycles. The predicted molar refractivity (Wildman–Crippen MR) is 69.5 cm³/mol. The number of nitrogens with zero attached hydrogens (tertiary/aromatic N) is 1. The lowest BCUT2D eigenvalue weighted by Gasteiger charge is -2.24. The Balaban J connectivity index is 2.60. The van der Waals surface area contributed by atoms with Gasteiger partial charge in [0, 0.05) is 7.11 Å². The molecular formula is C12H19N3O3. The second kappa shape index (κ2) is 6.32. The van der Waals surface area contributed by atoms with Crippen molar-refractivity contribution in [3.8, 4) is 0 Å². The first-order valence-corrected chi connectivity index (χ1v) is 5.61. The van der Waals surface area contributed by atoms with Crippen molar-refractivity contribution in [1.82, 2.24) is 4.98 Å². The molecule has 0 saturated carbocycles. The van der Waals surface area contributed by atoms with Crippen LogP contribution in [0.15, 0.2) is 18.3 Å². The SMILES string of the molecule is COCC(=O)Nc1ccc(NC(C)(C)CO)nc1. The number of nitrogens with one attached hydrogen (secondary N) is 2. The molecule has 18 heavy (non-hydrogen) atoms. The van der Waals surface area contributed by atoms with Gasteiger partial charge in [0.1, 0.15) is 12.4 Å². The lowest BCUT2D eigenvalue weighted by Crippen LogP contribution is -2.35. The van der Waals surface area contributed by atoms with Crippen molar-refractivity contribution in [2.24, 2.45) is 0 Å². The number of carbonyl (C=O) groups excluding carboxylic acids is 1. The third-order valence-electron chi connectivity index (χ3n) is 2.18. The van der Waals surface area contributed by atoms with Crippen molar-refractivity contribution < 1.29 is 14.6 Å². The second-order valence-corrected chi connectivity index (χ2v) is 4.58. The van der Waals surface area contributed by atoms with Gasteiger partial charge < -0.3 is 20.5 Å². The largest absolute Gasteiger partial charge is 0.394 e. The zero-order chi connectivity index (χ0) is 13.6. The van der Waals surface area contributed by atoms with Crippen LogP contribution in [0.5, 0.6) is 0 Å². The van der Waals surface area contributed by atoms with E-state index >= 15 is 0 Å². The number of rotatable bonds is 6. The number of carbonyl (C=O) groups is 1. The molecule has 1 heterocycles. The topological polar surface area (TPSA) is 83.5 Å². The van der Waals surface area contributed by atoms with Gasteiger partial charge in [0.15, 0.2) is 0 Å². The van der Waals surface area contributed by atoms with Gasteiger partial charge in [-0.2, -0.15) is 0 Å². The molecule has 100 valence electrons. The highest BCUT2D eigenvalue weighted by atomic mass is 16.5. The summed E-state index contributed by atoms with van der Waals surface area (Å²) in [6.45, 7) is 3.74. The summed E-state index contributed by atoms with van der Waals surface area (Å²) in [5.74, 6) is 0.412. The summed E-state index contributed by atoms with van der Waals surface area (Å²) in [5, 5.41) is 14.8. The molecule has 0 aliphatic heterocycles. The summed E-state index contributed by atoms with van der Waals surface area (Å²) in [6.07, 6.45) is 1.54. The quantitative estimate of drug-likeness (QED) is 0.700. The summed E-state index contributed by atoms with van der Waals surface area (Å²) in [4.78, 5) is 15.4. The molecule has 0 atom stereocenters. The van der Waals surface area contributed by atoms with Gasteiger partial charge in [-0.15, -0.1) is 0 Å². The molecule has 0 aromatic carbocycles. The molecule has 1 rings (SSSR count). The number of hydrogen-bond acceptors (Lipinski definition) is 5. The number of pyridine rings is 1. The fourth-order valence-corrected chi connectivity index (χ4v) is 1.26. The Morgan fingerprint density at radius 1 is 1.50 bits per heavy atom. The van der Waals surface area contributed by atoms with Crippen LogP contribution >= 0.6 is 0 Å². The van der Waals surface area contributed by atoms with Gasteiger partial charge in [0.05, 0.1) is 24.0 Å². The molecule has 0 bridgehead atoms. The van der Waals surface area contributed by atoms with Crippen LogP contribution < -0.4 is 10.6 Å². The third-order valence-corrected chi connectivity index (χ3v) is 2.18. The summed E-state index contributed by atoms with van der Waals surface area (Å²) in [6, 6.07) is 3.47. The summed E-state index contributed by atoms with van der Waals surface area (Å²) < 4.78 is 4.71. The Kier molecular flexibility index (Phi) is 5.06. The van der Waals surface area contributed by atoms with E-state index in [-0.39, 0.29) is 19.1 Å². The van der Waals surface area contributed by atoms with E-state index in [1.165, 1.54) is 7.11 Å². The highest BCUT2D eigenvalue weighted by Gasteiger charge is 2.16. The maximum absolute atomic E-state index is 11.3. The normalized spacial score (nSPS) is 11.1. The van der Waals surface area contributed by atoms with Gasteiger partial charge in [0.25, 0.3) is 0 Å². The summed E-state index contributed by atoms with van der Waals surface area (Å²) in [7, 11) is 1.46. The standard InChI is InChI=1S/C12H19N3O3/c1-12(2,8-16)15-10-5-4-9(6-13-10)14-11(17)7-18-3/h4-6,16H,7-8H2,1-3H3,(H,13,15)(H,14,17). The van der Waals surface area contributed by atoms with Crippen LogP contribution in [0, 0.1) is 0 Å². The van der Waals surface area contributed by atoms with E-state index in [9.17, 15) is 4.79 Å². The minimum atomic E-state index is -0.437. The van der Waals surface area contributed by atoms with Crippen LogP contribution in [0.2, 0.25) is 0 Å². The van der Waals surface area contributed by atoms with Crippen molar-refractivity contribution in [1.29, 1.82) is 0 Å². The average Bonchev–Trinajstić information content (AvgIpc) is 2.32. The average molecular weight is 253 g/mol. The van der Waals surface area contributed by atoms with Crippen LogP contribution in [-0.2, 0) is 9.53 Å². The highest BCUT2D eigenvalue weighted by Crippen LogP contribution is 2.14. The molecule has 1 aromatic rings. The molecule has 0 saturated heterocycles. The van der Waals surface area contributed by atoms with Crippen molar-refractivity contribution in [3.63, 3.8) is 0 Å². The lowest BCUT2D eigenvalue weighted by atomic mass is 10.1. The van der Waals surface area contributed by atoms with Crippen molar-refractivity contribution in [2.45, 2.75) is 19.4 Å². The van der Waals surface area contributed by atoms with Crippen molar-refractivity contribution in [2.75, 3.05) is 31.0 Å². The fraction of sp³-hybridized carbons (Fsp3) is 0.500. The van der Waals surface area contributed by atoms with Crippen LogP contribution in [-0.4, -0.2) is 41.9 Å². The van der Waals surface area contributed by atoms with Gasteiger partial charge >= 0.3 is 0 Å². The number of aromatic nitrogens is 1. The number of aliphatic hydroxyl groups is 1. The predicted octanol–water partition coefficient (Wildman–Crippen LogP) is 0.849. The first kappa shape index (κ1) is 14.4. The van der Waals surface area contributed by atoms with E-state index < -0.39 is 5.54 Å². The fourth-order valence-electron chi connectivity index (χ4n) is 1.26. The van der Waals surface area contributed by atoms with Crippen molar-refractivity contribution >= 4 is 17.4 Å². The number of aliphatic hydroxyl groups excluding tert-OH is 1. The molecule has 0 spiro atoms. The minimum absolute atomic E-state index is 0.000998. The molecule has 0 radical (unpaired) electrons. The molecule has 0 fully saturated rings. The first-order chi connectivity index (χ1) is 8.46. The minimum Gasteiger partial charge on any atom is -0.394 e. The van der Waals surface area contributed by atoms with Crippen molar-refractivity contribution in [3.05, 3.63) is 18.3 Å². The molecule has 6 heteroatoms. The summed E-state index contributed by atoms with van der Waals surface area (Å²) in [5.41, 5.74) is 0.165. The number of anilines is 2. The monoisotopic (exact) mass is 253 g/mol. The Labute approximate surface area is 106 Å². The Bertz CT molecular complexity index is 390. The maximum atomic E-state index is 11.3. The molecule has 1 aromatic heterocycles. The van der Waals surface area contributed by atoms with Gasteiger partial charge in [-0.05, 0) is 26.0 Å². The smallest absolute Gasteiger partial charge is 0.250 e. The number of methoxy groups -OCH3 is 1. The molecule has 0 aliphatic rings. The lowest BCUT2D eigenvalue weighted by molar-refractivity contribution is -0.119. The maximum Gasteiger partial charge on any atom is 0.250 e. The Hall–Kier alpha value is -1.66. The van der Waals surface area contributed by atoms with Crippen LogP contribution in [0.3, 0.4) is 0 Å². The van der Waals surface area contributed by atoms with Gasteiger partial charge in [-0.3, -0.25) is 4.79 Å². The highest BCUT2D eigenvalue weighted by molar-refractivity contribution is 5.91. The first-order valence-electron chi connectivity index (χ1n) is 5.61. The second-order valence-electron chi connectivity index (χ2n) is 4.58. The van der Waals surface area contributed by atoms with Crippen LogP contribution in [0.4, 0.5) is 11.5 Å². The van der Waals surface area contributed by atoms with E-state index in [0.29, 0.717) is 11.5 Å². The third kappa shape index (κ3) is 4.68. The van der Waals surface area contributed by atoms with E-state index in [1.54, 1.807) is 18.3 Å². The Morgan fingerprint density at radius 2 is 2.22 bits per heavy atom. The number of ether oxygens (including phenoxy) is 1. The number of amides is 1. The zero-order valence-corrected chi connectivity index (χ0v) is 10.9. The number of hydrogen-bond donors (Lipinski definition) is 3. The van der Waals surface area contributed by atoms with Gasteiger partial charge in [-0.25, -0.2) is 4.98 Å². The molecule has 1 amide bonds.